The number of carbonyl (C=O) groups is 3. The molecule has 1 atom stereocenters. The summed E-state index contributed by atoms with van der Waals surface area (Å²) in [6.45, 7) is 2.38. The largest absolute Gasteiger partial charge is 0.380 e. The molecule has 1 unspecified atom stereocenters. The topological polar surface area (TPSA) is 111 Å². The molecular weight excluding hydrogens is 348 g/mol. The van der Waals surface area contributed by atoms with Crippen molar-refractivity contribution in [2.24, 2.45) is 5.10 Å². The quantitative estimate of drug-likeness (QED) is 0.714. The first-order valence-corrected chi connectivity index (χ1v) is 9.12. The van der Waals surface area contributed by atoms with E-state index < -0.39 is 11.5 Å². The highest BCUT2D eigenvalue weighted by molar-refractivity contribution is 6.39. The van der Waals surface area contributed by atoms with Gasteiger partial charge in [-0.1, -0.05) is 30.3 Å². The van der Waals surface area contributed by atoms with Gasteiger partial charge in [-0.3, -0.25) is 14.4 Å². The van der Waals surface area contributed by atoms with Crippen molar-refractivity contribution in [2.75, 3.05) is 13.1 Å². The third kappa shape index (κ3) is 4.33. The Kier molecular flexibility index (Phi) is 5.55. The maximum Gasteiger partial charge on any atom is 0.270 e. The summed E-state index contributed by atoms with van der Waals surface area (Å²) in [5.41, 5.74) is 2.08. The van der Waals surface area contributed by atoms with Gasteiger partial charge in [-0.2, -0.15) is 5.10 Å². The van der Waals surface area contributed by atoms with E-state index in [1.807, 2.05) is 37.3 Å². The zero-order valence-electron chi connectivity index (χ0n) is 15.3. The Morgan fingerprint density at radius 2 is 1.89 bits per heavy atom. The first-order chi connectivity index (χ1) is 12.9. The number of aliphatic hydroxyl groups is 1. The van der Waals surface area contributed by atoms with E-state index in [2.05, 4.69) is 15.8 Å². The summed E-state index contributed by atoms with van der Waals surface area (Å²) < 4.78 is 0. The van der Waals surface area contributed by atoms with Gasteiger partial charge in [0.1, 0.15) is 11.3 Å². The second kappa shape index (κ2) is 7.87. The van der Waals surface area contributed by atoms with E-state index in [0.29, 0.717) is 12.1 Å². The van der Waals surface area contributed by atoms with E-state index >= 15 is 0 Å². The van der Waals surface area contributed by atoms with Crippen LogP contribution in [0.4, 0.5) is 0 Å². The van der Waals surface area contributed by atoms with Gasteiger partial charge < -0.3 is 15.3 Å². The van der Waals surface area contributed by atoms with Crippen molar-refractivity contribution in [1.82, 2.24) is 15.6 Å². The molecule has 0 saturated carbocycles. The molecule has 8 nitrogen and oxygen atoms in total. The third-order valence-electron chi connectivity index (χ3n) is 5.10. The van der Waals surface area contributed by atoms with E-state index in [-0.39, 0.29) is 50.2 Å². The molecule has 2 heterocycles. The predicted molar refractivity (Wildman–Crippen MR) is 98.6 cm³/mol. The van der Waals surface area contributed by atoms with Crippen LogP contribution in [0.3, 0.4) is 0 Å². The fraction of sp³-hybridized carbons (Fsp3) is 0.474. The van der Waals surface area contributed by atoms with Crippen LogP contribution >= 0.6 is 0 Å². The molecule has 0 spiro atoms. The first-order valence-electron chi connectivity index (χ1n) is 9.12. The summed E-state index contributed by atoms with van der Waals surface area (Å²) in [6, 6.07) is 9.31. The molecule has 1 fully saturated rings. The maximum atomic E-state index is 12.6. The van der Waals surface area contributed by atoms with Gasteiger partial charge >= 0.3 is 0 Å². The van der Waals surface area contributed by atoms with Crippen LogP contribution in [0.2, 0.25) is 0 Å². The molecule has 3 rings (SSSR count). The summed E-state index contributed by atoms with van der Waals surface area (Å²) in [5, 5.41) is 17.4. The van der Waals surface area contributed by atoms with Gasteiger partial charge in [-0.25, -0.2) is 5.43 Å². The number of hydrazone groups is 1. The molecule has 0 bridgehead atoms. The zero-order chi connectivity index (χ0) is 19.4. The lowest BCUT2D eigenvalue weighted by Crippen LogP contribution is -2.56. The normalized spacial score (nSPS) is 20.3. The summed E-state index contributed by atoms with van der Waals surface area (Å²) in [4.78, 5) is 37.8. The number of amides is 3. The van der Waals surface area contributed by atoms with E-state index in [9.17, 15) is 19.5 Å². The number of hydrogen-bond donors (Lipinski definition) is 3. The number of carbonyl (C=O) groups excluding carboxylic acids is 3. The second-order valence-electron chi connectivity index (χ2n) is 7.02. The molecule has 3 N–H and O–H groups in total. The molecule has 8 heteroatoms. The average Bonchev–Trinajstić information content (AvgIpc) is 2.69. The van der Waals surface area contributed by atoms with Crippen LogP contribution in [0, 0.1) is 0 Å². The maximum absolute atomic E-state index is 12.6. The Hall–Kier alpha value is -2.74. The summed E-state index contributed by atoms with van der Waals surface area (Å²) in [7, 11) is 0. The first kappa shape index (κ1) is 19.0. The molecule has 27 heavy (non-hydrogen) atoms. The Morgan fingerprint density at radius 3 is 2.48 bits per heavy atom. The molecule has 1 aromatic carbocycles. The lowest BCUT2D eigenvalue weighted by Gasteiger charge is -2.37. The van der Waals surface area contributed by atoms with Crippen molar-refractivity contribution in [1.29, 1.82) is 0 Å². The molecule has 1 aromatic rings. The van der Waals surface area contributed by atoms with E-state index in [1.54, 1.807) is 4.90 Å². The number of nitrogens with zero attached hydrogens (tertiary/aromatic N) is 2. The van der Waals surface area contributed by atoms with Crippen LogP contribution in [0.25, 0.3) is 0 Å². The Balaban J connectivity index is 1.56. The fourth-order valence-corrected chi connectivity index (χ4v) is 3.27. The van der Waals surface area contributed by atoms with Gasteiger partial charge in [0.05, 0.1) is 6.04 Å². The number of hydrogen-bond acceptors (Lipinski definition) is 5. The Bertz CT molecular complexity index is 754. The number of rotatable bonds is 4. The van der Waals surface area contributed by atoms with Crippen molar-refractivity contribution in [3.63, 3.8) is 0 Å². The highest BCUT2D eigenvalue weighted by atomic mass is 16.3. The fourth-order valence-electron chi connectivity index (χ4n) is 3.27. The average molecular weight is 372 g/mol. The second-order valence-corrected chi connectivity index (χ2v) is 7.02. The predicted octanol–water partition coefficient (Wildman–Crippen LogP) is 0.483. The van der Waals surface area contributed by atoms with Crippen LogP contribution < -0.4 is 10.7 Å². The molecule has 144 valence electrons. The van der Waals surface area contributed by atoms with Gasteiger partial charge in [-0.05, 0) is 12.5 Å². The van der Waals surface area contributed by atoms with E-state index in [1.165, 1.54) is 0 Å². The molecule has 3 amide bonds. The van der Waals surface area contributed by atoms with Crippen molar-refractivity contribution < 1.29 is 19.5 Å². The highest BCUT2D eigenvalue weighted by Gasteiger charge is 2.41. The van der Waals surface area contributed by atoms with Crippen LogP contribution in [0.1, 0.15) is 44.2 Å². The lowest BCUT2D eigenvalue weighted by atomic mass is 9.89. The molecule has 2 aliphatic rings. The minimum atomic E-state index is -1.50. The van der Waals surface area contributed by atoms with E-state index in [4.69, 9.17) is 0 Å². The number of benzene rings is 1. The molecule has 2 aliphatic heterocycles. The summed E-state index contributed by atoms with van der Waals surface area (Å²) in [6.07, 6.45) is 0.861. The SMILES string of the molecule is CC(NC(=O)C1(O)CCN(C(=O)C2=NNC(=O)CC2)CC1)c1ccccc1. The Morgan fingerprint density at radius 1 is 1.22 bits per heavy atom. The minimum absolute atomic E-state index is 0.158. The monoisotopic (exact) mass is 372 g/mol. The van der Waals surface area contributed by atoms with Crippen LogP contribution in [0.5, 0.6) is 0 Å². The van der Waals surface area contributed by atoms with Crippen LogP contribution in [0.15, 0.2) is 35.4 Å². The van der Waals surface area contributed by atoms with Gasteiger partial charge in [0.25, 0.3) is 11.8 Å². The highest BCUT2D eigenvalue weighted by Crippen LogP contribution is 2.24. The van der Waals surface area contributed by atoms with Gasteiger partial charge in [0.15, 0.2) is 0 Å². The molecular formula is C19H24N4O4. The molecule has 0 aliphatic carbocycles. The number of piperidine rings is 1. The summed E-state index contributed by atoms with van der Waals surface area (Å²) >= 11 is 0. The lowest BCUT2D eigenvalue weighted by molar-refractivity contribution is -0.148. The van der Waals surface area contributed by atoms with Gasteiger partial charge in [0, 0.05) is 38.8 Å². The van der Waals surface area contributed by atoms with Crippen molar-refractivity contribution in [3.05, 3.63) is 35.9 Å². The third-order valence-corrected chi connectivity index (χ3v) is 5.10. The zero-order valence-corrected chi connectivity index (χ0v) is 15.3. The van der Waals surface area contributed by atoms with Crippen LogP contribution in [-0.4, -0.2) is 52.1 Å². The minimum Gasteiger partial charge on any atom is -0.380 e. The van der Waals surface area contributed by atoms with Crippen molar-refractivity contribution in [3.8, 4) is 0 Å². The molecule has 0 radical (unpaired) electrons. The van der Waals surface area contributed by atoms with E-state index in [0.717, 1.165) is 5.56 Å². The van der Waals surface area contributed by atoms with Crippen molar-refractivity contribution in [2.45, 2.75) is 44.2 Å². The number of nitrogens with one attached hydrogen (secondary N) is 2. The smallest absolute Gasteiger partial charge is 0.270 e. The van der Waals surface area contributed by atoms with Gasteiger partial charge in [0.2, 0.25) is 5.91 Å². The Labute approximate surface area is 157 Å². The van der Waals surface area contributed by atoms with Crippen LogP contribution in [-0.2, 0) is 14.4 Å². The van der Waals surface area contributed by atoms with Crippen molar-refractivity contribution >= 4 is 23.4 Å². The molecule has 0 aromatic heterocycles. The molecule has 1 saturated heterocycles. The standard InChI is InChI=1S/C19H24N4O4/c1-13(14-5-3-2-4-6-14)20-18(26)19(27)9-11-23(12-10-19)17(25)15-7-8-16(24)22-21-15/h2-6,13,27H,7-12H2,1H3,(H,20,26)(H,22,24). The summed E-state index contributed by atoms with van der Waals surface area (Å²) in [5.74, 6) is -0.882. The number of likely N-dealkylation sites (tertiary alicyclic amines) is 1. The van der Waals surface area contributed by atoms with Gasteiger partial charge in [-0.15, -0.1) is 0 Å².